The third-order valence-electron chi connectivity index (χ3n) is 2.65. The molecule has 2 rings (SSSR count). The number of hydrogen-bond donors (Lipinski definition) is 1. The number of halogens is 2. The van der Waals surface area contributed by atoms with E-state index in [0.29, 0.717) is 0 Å². The maximum atomic E-state index is 11.6. The molecule has 1 aliphatic heterocycles. The van der Waals surface area contributed by atoms with Crippen LogP contribution < -0.4 is 5.32 Å². The summed E-state index contributed by atoms with van der Waals surface area (Å²) in [6.07, 6.45) is 2.83. The van der Waals surface area contributed by atoms with Gasteiger partial charge in [-0.25, -0.2) is 4.79 Å². The van der Waals surface area contributed by atoms with Crippen LogP contribution in [0.25, 0.3) is 0 Å². The van der Waals surface area contributed by atoms with Crippen LogP contribution in [0.1, 0.15) is 13.3 Å². The van der Waals surface area contributed by atoms with E-state index in [1.54, 1.807) is 0 Å². The van der Waals surface area contributed by atoms with E-state index in [9.17, 15) is 14.4 Å². The molecule has 0 aromatic heterocycles. The molecule has 0 unspecified atom stereocenters. The van der Waals surface area contributed by atoms with Crippen molar-refractivity contribution in [3.8, 4) is 0 Å². The first-order chi connectivity index (χ1) is 8.33. The smallest absolute Gasteiger partial charge is 0.330 e. The van der Waals surface area contributed by atoms with Crippen LogP contribution in [0, 0.1) is 0 Å². The van der Waals surface area contributed by atoms with Crippen LogP contribution in [-0.2, 0) is 19.1 Å². The maximum Gasteiger partial charge on any atom is 0.330 e. The Kier molecular flexibility index (Phi) is 3.21. The van der Waals surface area contributed by atoms with Crippen molar-refractivity contribution in [1.29, 1.82) is 0 Å². The monoisotopic (exact) mass is 289 g/mol. The Balaban J connectivity index is 2.28. The number of allylic oxidation sites excluding steroid dienone is 2. The quantitative estimate of drug-likeness (QED) is 0.731. The Bertz CT molecular complexity index is 487. The Morgan fingerprint density at radius 2 is 1.94 bits per heavy atom. The van der Waals surface area contributed by atoms with Crippen LogP contribution in [0.4, 0.5) is 0 Å². The molecule has 18 heavy (non-hydrogen) atoms. The fraction of sp³-hybridized carbons (Fsp3) is 0.364. The van der Waals surface area contributed by atoms with Gasteiger partial charge in [0.15, 0.2) is 5.60 Å². The van der Waals surface area contributed by atoms with Gasteiger partial charge in [-0.05, 0) is 12.2 Å². The normalized spacial score (nSPS) is 25.6. The van der Waals surface area contributed by atoms with E-state index in [1.807, 2.05) is 0 Å². The molecule has 5 nitrogen and oxygen atoms in total. The molecule has 1 atom stereocenters. The first kappa shape index (κ1) is 13.1. The summed E-state index contributed by atoms with van der Waals surface area (Å²) in [4.78, 5) is 33.9. The summed E-state index contributed by atoms with van der Waals surface area (Å²) >= 11 is 11.5. The third-order valence-corrected chi connectivity index (χ3v) is 3.21. The molecule has 1 spiro atoms. The van der Waals surface area contributed by atoms with Crippen molar-refractivity contribution >= 4 is 40.9 Å². The number of hydrogen-bond acceptors (Lipinski definition) is 4. The van der Waals surface area contributed by atoms with Gasteiger partial charge < -0.3 is 10.1 Å². The van der Waals surface area contributed by atoms with Crippen molar-refractivity contribution < 1.29 is 19.1 Å². The van der Waals surface area contributed by atoms with Gasteiger partial charge in [-0.2, -0.15) is 0 Å². The molecule has 0 aromatic rings. The van der Waals surface area contributed by atoms with Crippen LogP contribution in [0.2, 0.25) is 0 Å². The van der Waals surface area contributed by atoms with Gasteiger partial charge in [-0.3, -0.25) is 9.59 Å². The Hall–Kier alpha value is -1.33. The van der Waals surface area contributed by atoms with Crippen LogP contribution in [0.3, 0.4) is 0 Å². The lowest BCUT2D eigenvalue weighted by molar-refractivity contribution is -0.145. The van der Waals surface area contributed by atoms with Crippen molar-refractivity contribution in [1.82, 2.24) is 5.32 Å². The predicted molar refractivity (Wildman–Crippen MR) is 63.9 cm³/mol. The lowest BCUT2D eigenvalue weighted by Crippen LogP contribution is -2.37. The summed E-state index contributed by atoms with van der Waals surface area (Å²) in [6.45, 7) is 1.30. The number of nitrogens with one attached hydrogen (secondary N) is 1. The molecular formula is C11H9Cl2NO4. The van der Waals surface area contributed by atoms with E-state index in [-0.39, 0.29) is 22.4 Å². The van der Waals surface area contributed by atoms with E-state index in [2.05, 4.69) is 5.32 Å². The van der Waals surface area contributed by atoms with Crippen molar-refractivity contribution in [2.45, 2.75) is 25.0 Å². The first-order valence-electron chi connectivity index (χ1n) is 5.14. The van der Waals surface area contributed by atoms with E-state index in [0.717, 1.165) is 0 Å². The van der Waals surface area contributed by atoms with Gasteiger partial charge in [0.2, 0.25) is 11.7 Å². The fourth-order valence-corrected chi connectivity index (χ4v) is 2.57. The molecule has 1 N–H and O–H groups in total. The van der Waals surface area contributed by atoms with Crippen molar-refractivity contribution in [3.05, 3.63) is 22.2 Å². The van der Waals surface area contributed by atoms with Crippen molar-refractivity contribution in [2.24, 2.45) is 0 Å². The van der Waals surface area contributed by atoms with Gasteiger partial charge in [0.25, 0.3) is 0 Å². The molecule has 0 aromatic carbocycles. The third kappa shape index (κ3) is 2.28. The van der Waals surface area contributed by atoms with Gasteiger partial charge in [0.05, 0.1) is 10.1 Å². The largest absolute Gasteiger partial charge is 0.449 e. The topological polar surface area (TPSA) is 72.5 Å². The highest BCUT2D eigenvalue weighted by molar-refractivity contribution is 6.55. The second-order valence-electron chi connectivity index (χ2n) is 4.15. The molecule has 1 saturated heterocycles. The Morgan fingerprint density at radius 3 is 2.44 bits per heavy atom. The fourth-order valence-electron chi connectivity index (χ4n) is 1.95. The lowest BCUT2D eigenvalue weighted by Gasteiger charge is -2.23. The van der Waals surface area contributed by atoms with Crippen LogP contribution in [-0.4, -0.2) is 29.3 Å². The number of carbonyl (C=O) groups excluding carboxylic acids is 3. The molecule has 7 heteroatoms. The molecule has 0 saturated carbocycles. The summed E-state index contributed by atoms with van der Waals surface area (Å²) in [6, 6.07) is -0.767. The Labute approximate surface area is 113 Å². The molecule has 1 heterocycles. The summed E-state index contributed by atoms with van der Waals surface area (Å²) in [5.41, 5.74) is -1.15. The minimum Gasteiger partial charge on any atom is -0.449 e. The summed E-state index contributed by atoms with van der Waals surface area (Å²) < 4.78 is 5.16. The standard InChI is InChI=1S/C11H9Cl2NO4/c1-5(15)14-8-4-11(18-10(8)17)2-6(12)9(16)7(13)3-11/h2-3,8H,4H2,1H3,(H,14,15)/t8-/m0/s1. The molecule has 96 valence electrons. The van der Waals surface area contributed by atoms with E-state index in [1.165, 1.54) is 19.1 Å². The number of ketones is 1. The van der Waals surface area contributed by atoms with Crippen LogP contribution in [0.15, 0.2) is 22.2 Å². The van der Waals surface area contributed by atoms with E-state index < -0.39 is 23.4 Å². The number of ether oxygens (including phenoxy) is 1. The van der Waals surface area contributed by atoms with E-state index >= 15 is 0 Å². The number of esters is 1. The second-order valence-corrected chi connectivity index (χ2v) is 4.96. The highest BCUT2D eigenvalue weighted by Gasteiger charge is 2.47. The number of rotatable bonds is 1. The summed E-state index contributed by atoms with van der Waals surface area (Å²) in [7, 11) is 0. The zero-order valence-corrected chi connectivity index (χ0v) is 10.8. The van der Waals surface area contributed by atoms with E-state index in [4.69, 9.17) is 27.9 Å². The molecule has 1 aliphatic carbocycles. The molecule has 0 radical (unpaired) electrons. The summed E-state index contributed by atoms with van der Waals surface area (Å²) in [5, 5.41) is 2.26. The molecule has 1 fully saturated rings. The van der Waals surface area contributed by atoms with Crippen LogP contribution >= 0.6 is 23.2 Å². The highest BCUT2D eigenvalue weighted by atomic mass is 35.5. The van der Waals surface area contributed by atoms with Gasteiger partial charge in [-0.1, -0.05) is 23.2 Å². The van der Waals surface area contributed by atoms with Gasteiger partial charge in [0.1, 0.15) is 6.04 Å². The number of carbonyl (C=O) groups is 3. The predicted octanol–water partition coefficient (Wildman–Crippen LogP) is 1.00. The highest BCUT2D eigenvalue weighted by Crippen LogP contribution is 2.37. The Morgan fingerprint density at radius 1 is 1.39 bits per heavy atom. The van der Waals surface area contributed by atoms with Crippen molar-refractivity contribution in [2.75, 3.05) is 0 Å². The summed E-state index contributed by atoms with van der Waals surface area (Å²) in [5.74, 6) is -1.44. The number of Topliss-reactive ketones (excluding diaryl/α,β-unsaturated/α-hetero) is 1. The van der Waals surface area contributed by atoms with Gasteiger partial charge >= 0.3 is 5.97 Å². The lowest BCUT2D eigenvalue weighted by atomic mass is 9.92. The van der Waals surface area contributed by atoms with Crippen molar-refractivity contribution in [3.63, 3.8) is 0 Å². The molecule has 2 aliphatic rings. The van der Waals surface area contributed by atoms with Gasteiger partial charge in [0, 0.05) is 13.3 Å². The number of amides is 1. The second kappa shape index (κ2) is 4.40. The van der Waals surface area contributed by atoms with Crippen LogP contribution in [0.5, 0.6) is 0 Å². The molecular weight excluding hydrogens is 281 g/mol. The average Bonchev–Trinajstić information content (AvgIpc) is 2.51. The maximum absolute atomic E-state index is 11.6. The SMILES string of the molecule is CC(=O)N[C@H]1CC2(C=C(Cl)C(=O)C(Cl)=C2)OC1=O. The van der Waals surface area contributed by atoms with Gasteiger partial charge in [-0.15, -0.1) is 0 Å². The average molecular weight is 290 g/mol. The zero-order chi connectivity index (χ0) is 13.5. The zero-order valence-electron chi connectivity index (χ0n) is 9.33. The minimum atomic E-state index is -1.15. The molecule has 1 amide bonds. The molecule has 0 bridgehead atoms. The first-order valence-corrected chi connectivity index (χ1v) is 5.90. The minimum absolute atomic E-state index is 0.0984.